The zero-order valence-corrected chi connectivity index (χ0v) is 26.7. The van der Waals surface area contributed by atoms with Crippen molar-refractivity contribution in [3.63, 3.8) is 0 Å². The molecule has 0 spiro atoms. The summed E-state index contributed by atoms with van der Waals surface area (Å²) in [5.41, 5.74) is 4.77. The lowest BCUT2D eigenvalue weighted by atomic mass is 9.82. The Labute approximate surface area is 273 Å². The van der Waals surface area contributed by atoms with E-state index in [9.17, 15) is 24.4 Å². The number of imide groups is 1. The van der Waals surface area contributed by atoms with E-state index in [1.54, 1.807) is 29.2 Å². The van der Waals surface area contributed by atoms with Crippen LogP contribution in [0.1, 0.15) is 80.2 Å². The van der Waals surface area contributed by atoms with E-state index in [2.05, 4.69) is 35.7 Å². The summed E-state index contributed by atoms with van der Waals surface area (Å²) in [7, 11) is 0. The zero-order valence-electron chi connectivity index (χ0n) is 25.9. The van der Waals surface area contributed by atoms with Crippen LogP contribution in [0.3, 0.4) is 0 Å². The van der Waals surface area contributed by atoms with Gasteiger partial charge >= 0.3 is 0 Å². The van der Waals surface area contributed by atoms with E-state index in [-0.39, 0.29) is 35.9 Å². The molecule has 1 aromatic heterocycles. The fraction of sp³-hybridized carbons (Fsp3) is 0.389. The Hall–Kier alpha value is -4.49. The van der Waals surface area contributed by atoms with Crippen molar-refractivity contribution in [1.29, 1.82) is 5.26 Å². The van der Waals surface area contributed by atoms with Gasteiger partial charge in [0.2, 0.25) is 17.7 Å². The number of nitrogens with one attached hydrogen (secondary N) is 1. The van der Waals surface area contributed by atoms with E-state index < -0.39 is 11.9 Å². The number of amides is 4. The first-order valence-corrected chi connectivity index (χ1v) is 17.0. The highest BCUT2D eigenvalue weighted by atomic mass is 32.2. The summed E-state index contributed by atoms with van der Waals surface area (Å²) >= 11 is 1.24. The van der Waals surface area contributed by atoms with Crippen LogP contribution in [0.25, 0.3) is 0 Å². The molecule has 4 amide bonds. The number of nitrogens with zero attached hydrogens (tertiary/aromatic N) is 4. The van der Waals surface area contributed by atoms with Gasteiger partial charge in [0.25, 0.3) is 5.91 Å². The van der Waals surface area contributed by atoms with Crippen LogP contribution < -0.4 is 10.2 Å². The zero-order chi connectivity index (χ0) is 32.2. The van der Waals surface area contributed by atoms with Gasteiger partial charge in [-0.05, 0) is 79.5 Å². The van der Waals surface area contributed by atoms with Gasteiger partial charge in [0.15, 0.2) is 0 Å². The fourth-order valence-corrected chi connectivity index (χ4v) is 7.89. The molecule has 1 aliphatic heterocycles. The monoisotopic (exact) mass is 635 g/mol. The van der Waals surface area contributed by atoms with E-state index in [1.165, 1.54) is 24.2 Å². The molecule has 0 radical (unpaired) electrons. The number of fused-ring (bicyclic) bond motifs is 1. The average molecular weight is 636 g/mol. The molecule has 2 fully saturated rings. The molecule has 1 saturated carbocycles. The van der Waals surface area contributed by atoms with E-state index in [4.69, 9.17) is 4.98 Å². The smallest absolute Gasteiger partial charge is 0.257 e. The topological polar surface area (TPSA) is 123 Å². The van der Waals surface area contributed by atoms with Crippen molar-refractivity contribution in [3.8, 4) is 6.07 Å². The Morgan fingerprint density at radius 3 is 2.46 bits per heavy atom. The van der Waals surface area contributed by atoms with Crippen LogP contribution >= 0.6 is 11.8 Å². The second-order valence-corrected chi connectivity index (χ2v) is 13.3. The van der Waals surface area contributed by atoms with Crippen molar-refractivity contribution in [1.82, 2.24) is 9.88 Å². The normalized spacial score (nSPS) is 19.8. The van der Waals surface area contributed by atoms with Gasteiger partial charge in [-0.25, -0.2) is 9.88 Å². The van der Waals surface area contributed by atoms with Crippen LogP contribution in [0.4, 0.5) is 11.4 Å². The number of aryl methyl sites for hydroxylation is 1. The molecule has 1 N–H and O–H groups in total. The van der Waals surface area contributed by atoms with E-state index >= 15 is 0 Å². The van der Waals surface area contributed by atoms with Gasteiger partial charge in [0.1, 0.15) is 17.1 Å². The largest absolute Gasteiger partial charge is 0.326 e. The summed E-state index contributed by atoms with van der Waals surface area (Å²) in [6, 6.07) is 20.1. The molecule has 0 unspecified atom stereocenters. The molecule has 2 aliphatic carbocycles. The van der Waals surface area contributed by atoms with Gasteiger partial charge in [-0.2, -0.15) is 5.26 Å². The van der Waals surface area contributed by atoms with Crippen LogP contribution in [0.5, 0.6) is 0 Å². The molecule has 2 aromatic carbocycles. The molecule has 3 aromatic rings. The molecular weight excluding hydrogens is 598 g/mol. The van der Waals surface area contributed by atoms with E-state index in [0.29, 0.717) is 27.9 Å². The molecule has 46 heavy (non-hydrogen) atoms. The Balaban J connectivity index is 1.19. The lowest BCUT2D eigenvalue weighted by molar-refractivity contribution is -0.139. The summed E-state index contributed by atoms with van der Waals surface area (Å²) < 4.78 is 0. The third-order valence-corrected chi connectivity index (χ3v) is 10.2. The van der Waals surface area contributed by atoms with Crippen molar-refractivity contribution in [3.05, 3.63) is 83.0 Å². The molecule has 2 atom stereocenters. The van der Waals surface area contributed by atoms with Crippen molar-refractivity contribution in [2.24, 2.45) is 0 Å². The lowest BCUT2D eigenvalue weighted by Crippen LogP contribution is -2.52. The molecule has 2 heterocycles. The molecular formula is C36H37N5O4S. The lowest BCUT2D eigenvalue weighted by Gasteiger charge is -2.37. The molecule has 1 saturated heterocycles. The van der Waals surface area contributed by atoms with Crippen molar-refractivity contribution in [2.75, 3.05) is 16.0 Å². The summed E-state index contributed by atoms with van der Waals surface area (Å²) in [6.45, 7) is 1.41. The number of hydrogen-bond donors (Lipinski definition) is 1. The SMILES string of the molecule is CC(=O)Nc1ccc(N2C(=O)C[C@@H](N(C(=O)CSc3nc4c(cc3C#N)C[C@@H](c3ccccc3)CC4)C3CCCCC3)C2=O)cc1. The quantitative estimate of drug-likeness (QED) is 0.246. The third-order valence-electron chi connectivity index (χ3n) is 9.24. The first kappa shape index (κ1) is 31.5. The summed E-state index contributed by atoms with van der Waals surface area (Å²) in [6.07, 6.45) is 7.07. The predicted molar refractivity (Wildman–Crippen MR) is 176 cm³/mol. The number of anilines is 2. The van der Waals surface area contributed by atoms with Gasteiger partial charge < -0.3 is 10.2 Å². The Morgan fingerprint density at radius 1 is 1.02 bits per heavy atom. The number of rotatable bonds is 8. The second-order valence-electron chi connectivity index (χ2n) is 12.3. The van der Waals surface area contributed by atoms with E-state index in [1.807, 2.05) is 12.1 Å². The minimum atomic E-state index is -0.888. The van der Waals surface area contributed by atoms with Gasteiger partial charge in [0.05, 0.1) is 23.4 Å². The van der Waals surface area contributed by atoms with Crippen LogP contribution in [0, 0.1) is 11.3 Å². The molecule has 236 valence electrons. The maximum atomic E-state index is 14.0. The summed E-state index contributed by atoms with van der Waals surface area (Å²) in [5, 5.41) is 13.2. The van der Waals surface area contributed by atoms with Gasteiger partial charge in [-0.15, -0.1) is 0 Å². The Bertz CT molecular complexity index is 1680. The van der Waals surface area contributed by atoms with Crippen molar-refractivity contribution in [2.45, 2.75) is 87.7 Å². The fourth-order valence-electron chi connectivity index (χ4n) is 7.04. The number of aromatic nitrogens is 1. The standard InChI is InChI=1S/C36H37N5O4S/c1-23(42)38-28-13-15-30(16-14-28)41-33(43)20-32(36(41)45)40(29-10-6-3-7-11-29)34(44)22-46-35-27(21-37)19-26-18-25(12-17-31(26)39-35)24-8-4-2-5-9-24/h2,4-5,8-9,13-16,19,25,29,32H,3,6-7,10-12,17-18,20,22H2,1H3,(H,38,42)/t25-,32+/m0/s1. The summed E-state index contributed by atoms with van der Waals surface area (Å²) in [4.78, 5) is 60.1. The van der Waals surface area contributed by atoms with Crippen molar-refractivity contribution >= 4 is 46.8 Å². The number of pyridine rings is 1. The maximum absolute atomic E-state index is 14.0. The Morgan fingerprint density at radius 2 is 1.76 bits per heavy atom. The van der Waals surface area contributed by atoms with Gasteiger partial charge in [0, 0.05) is 24.3 Å². The van der Waals surface area contributed by atoms with Crippen LogP contribution in [-0.2, 0) is 32.0 Å². The number of carbonyl (C=O) groups excluding carboxylic acids is 4. The molecule has 10 heteroatoms. The molecule has 0 bridgehead atoms. The molecule has 6 rings (SSSR count). The number of nitriles is 1. The molecule has 9 nitrogen and oxygen atoms in total. The van der Waals surface area contributed by atoms with Crippen LogP contribution in [0.15, 0.2) is 65.7 Å². The minimum absolute atomic E-state index is 0.0208. The average Bonchev–Trinajstić information content (AvgIpc) is 3.36. The second kappa shape index (κ2) is 13.9. The number of hydrogen-bond acceptors (Lipinski definition) is 7. The van der Waals surface area contributed by atoms with Crippen molar-refractivity contribution < 1.29 is 19.2 Å². The number of benzene rings is 2. The van der Waals surface area contributed by atoms with Crippen LogP contribution in [-0.4, -0.2) is 51.3 Å². The van der Waals surface area contributed by atoms with E-state index in [0.717, 1.165) is 67.5 Å². The first-order chi connectivity index (χ1) is 22.3. The minimum Gasteiger partial charge on any atom is -0.326 e. The summed E-state index contributed by atoms with van der Waals surface area (Å²) in [5.74, 6) is -0.817. The van der Waals surface area contributed by atoms with Gasteiger partial charge in [-0.1, -0.05) is 61.4 Å². The Kier molecular flexibility index (Phi) is 9.50. The third kappa shape index (κ3) is 6.70. The number of carbonyl (C=O) groups is 4. The highest BCUT2D eigenvalue weighted by Gasteiger charge is 2.46. The highest BCUT2D eigenvalue weighted by Crippen LogP contribution is 2.36. The molecule has 3 aliphatic rings. The highest BCUT2D eigenvalue weighted by molar-refractivity contribution is 8.00. The number of thioether (sulfide) groups is 1. The van der Waals surface area contributed by atoms with Gasteiger partial charge in [-0.3, -0.25) is 19.2 Å². The maximum Gasteiger partial charge on any atom is 0.257 e. The van der Waals surface area contributed by atoms with Crippen LogP contribution in [0.2, 0.25) is 0 Å². The first-order valence-electron chi connectivity index (χ1n) is 16.0. The predicted octanol–water partition coefficient (Wildman–Crippen LogP) is 5.77.